The lowest BCUT2D eigenvalue weighted by atomic mass is 9.82. The van der Waals surface area contributed by atoms with Crippen molar-refractivity contribution in [3.8, 4) is 17.6 Å². The van der Waals surface area contributed by atoms with Crippen molar-refractivity contribution in [1.82, 2.24) is 14.9 Å². The molecule has 1 aromatic carbocycles. The maximum atomic E-state index is 13.4. The number of amides is 1. The van der Waals surface area contributed by atoms with E-state index in [4.69, 9.17) is 32.7 Å². The van der Waals surface area contributed by atoms with Crippen molar-refractivity contribution in [3.05, 3.63) is 46.0 Å². The minimum Gasteiger partial charge on any atom is -0.492 e. The van der Waals surface area contributed by atoms with Gasteiger partial charge < -0.3 is 24.5 Å². The fourth-order valence-corrected chi connectivity index (χ4v) is 4.67. The summed E-state index contributed by atoms with van der Waals surface area (Å²) in [5.74, 6) is 5.63. The molecule has 0 saturated heterocycles. The van der Waals surface area contributed by atoms with E-state index in [0.29, 0.717) is 36.8 Å². The van der Waals surface area contributed by atoms with Crippen molar-refractivity contribution < 1.29 is 24.2 Å². The van der Waals surface area contributed by atoms with Gasteiger partial charge in [0.15, 0.2) is 0 Å². The molecule has 2 aromatic rings. The number of aromatic nitrogens is 2. The molecular formula is C27H33Cl2N3O5. The first-order chi connectivity index (χ1) is 17.6. The van der Waals surface area contributed by atoms with E-state index in [9.17, 15) is 14.7 Å². The quantitative estimate of drug-likeness (QED) is 0.408. The molecular weight excluding hydrogens is 517 g/mol. The number of aliphatic carboxylic acids is 1. The summed E-state index contributed by atoms with van der Waals surface area (Å²) in [6.07, 6.45) is 2.74. The average molecular weight is 550 g/mol. The molecule has 200 valence electrons. The van der Waals surface area contributed by atoms with Gasteiger partial charge in [0.1, 0.15) is 23.7 Å². The molecule has 2 N–H and O–H groups in total. The zero-order chi connectivity index (χ0) is 27.0. The summed E-state index contributed by atoms with van der Waals surface area (Å²) in [4.78, 5) is 29.0. The van der Waals surface area contributed by atoms with E-state index in [1.54, 1.807) is 35.9 Å². The number of ether oxygens (including phenoxy) is 2. The topological polar surface area (TPSA) is 103 Å². The van der Waals surface area contributed by atoms with Crippen LogP contribution in [0.3, 0.4) is 0 Å². The van der Waals surface area contributed by atoms with Crippen LogP contribution < -0.4 is 10.1 Å². The summed E-state index contributed by atoms with van der Waals surface area (Å²) in [5.41, 5.74) is 0.108. The van der Waals surface area contributed by atoms with Crippen LogP contribution in [0.4, 0.5) is 0 Å². The number of nitrogens with zero attached hydrogens (tertiary/aromatic N) is 2. The molecule has 1 fully saturated rings. The first-order valence-electron chi connectivity index (χ1n) is 12.3. The van der Waals surface area contributed by atoms with E-state index in [-0.39, 0.29) is 47.6 Å². The highest BCUT2D eigenvalue weighted by atomic mass is 35.5. The smallest absolute Gasteiger partial charge is 0.306 e. The van der Waals surface area contributed by atoms with Gasteiger partial charge >= 0.3 is 5.97 Å². The molecule has 0 unspecified atom stereocenters. The Balaban J connectivity index is 1.76. The Kier molecular flexibility index (Phi) is 10.3. The molecule has 0 aliphatic heterocycles. The Morgan fingerprint density at radius 2 is 1.86 bits per heavy atom. The predicted octanol–water partition coefficient (Wildman–Crippen LogP) is 4.91. The molecule has 0 atom stereocenters. The molecule has 1 aromatic heterocycles. The highest BCUT2D eigenvalue weighted by Gasteiger charge is 2.27. The van der Waals surface area contributed by atoms with Gasteiger partial charge in [0.25, 0.3) is 5.91 Å². The number of methoxy groups -OCH3 is 1. The van der Waals surface area contributed by atoms with Crippen molar-refractivity contribution in [2.24, 2.45) is 17.3 Å². The normalized spacial score (nSPS) is 17.5. The fraction of sp³-hybridized carbons (Fsp3) is 0.519. The van der Waals surface area contributed by atoms with Gasteiger partial charge in [-0.15, -0.1) is 0 Å². The average Bonchev–Trinajstić information content (AvgIpc) is 3.18. The number of carbonyl (C=O) groups excluding carboxylic acids is 1. The molecule has 1 aliphatic rings. The molecule has 1 saturated carbocycles. The number of imidazole rings is 1. The molecule has 1 amide bonds. The van der Waals surface area contributed by atoms with Crippen LogP contribution >= 0.6 is 23.2 Å². The van der Waals surface area contributed by atoms with Crippen molar-refractivity contribution in [1.29, 1.82) is 0 Å². The minimum absolute atomic E-state index is 0.140. The summed E-state index contributed by atoms with van der Waals surface area (Å²) in [6, 6.07) is 7.00. The van der Waals surface area contributed by atoms with E-state index in [0.717, 1.165) is 12.8 Å². The second-order valence-electron chi connectivity index (χ2n) is 9.86. The van der Waals surface area contributed by atoms with Gasteiger partial charge in [-0.25, -0.2) is 4.98 Å². The van der Waals surface area contributed by atoms with Crippen LogP contribution in [-0.2, 0) is 16.1 Å². The summed E-state index contributed by atoms with van der Waals surface area (Å²) in [7, 11) is 1.61. The predicted molar refractivity (Wildman–Crippen MR) is 142 cm³/mol. The first kappa shape index (κ1) is 28.8. The Hall–Kier alpha value is -2.73. The lowest BCUT2D eigenvalue weighted by molar-refractivity contribution is -0.143. The van der Waals surface area contributed by atoms with E-state index < -0.39 is 11.4 Å². The molecule has 1 heterocycles. The maximum absolute atomic E-state index is 13.4. The highest BCUT2D eigenvalue weighted by molar-refractivity contribution is 6.30. The monoisotopic (exact) mass is 549 g/mol. The number of carboxylic acid groups (broad SMARTS) is 1. The lowest BCUT2D eigenvalue weighted by Crippen LogP contribution is -2.34. The van der Waals surface area contributed by atoms with Crippen LogP contribution in [0.1, 0.15) is 55.7 Å². The molecule has 0 bridgehead atoms. The molecule has 8 nitrogen and oxygen atoms in total. The van der Waals surface area contributed by atoms with Gasteiger partial charge in [-0.2, -0.15) is 0 Å². The summed E-state index contributed by atoms with van der Waals surface area (Å²) >= 11 is 12.4. The van der Waals surface area contributed by atoms with Crippen LogP contribution in [0, 0.1) is 29.1 Å². The second-order valence-corrected chi connectivity index (χ2v) is 10.6. The SMILES string of the molecule is COCC(C)(C)C#Cc1nc(Cl)n(CCOc2ccc(Cl)cc2)c1C(=O)NCC1CCC(C(=O)O)CC1. The van der Waals surface area contributed by atoms with Gasteiger partial charge in [-0.1, -0.05) is 17.5 Å². The Morgan fingerprint density at radius 1 is 1.19 bits per heavy atom. The fourth-order valence-electron chi connectivity index (χ4n) is 4.29. The van der Waals surface area contributed by atoms with Crippen LogP contribution in [-0.4, -0.2) is 53.4 Å². The summed E-state index contributed by atoms with van der Waals surface area (Å²) in [5, 5.41) is 13.0. The third kappa shape index (κ3) is 8.39. The molecule has 1 aliphatic carbocycles. The number of hydrogen-bond donors (Lipinski definition) is 2. The van der Waals surface area contributed by atoms with Crippen molar-refractivity contribution in [2.75, 3.05) is 26.9 Å². The van der Waals surface area contributed by atoms with Crippen LogP contribution in [0.15, 0.2) is 24.3 Å². The molecule has 37 heavy (non-hydrogen) atoms. The van der Waals surface area contributed by atoms with Crippen molar-refractivity contribution in [2.45, 2.75) is 46.1 Å². The van der Waals surface area contributed by atoms with E-state index in [2.05, 4.69) is 22.1 Å². The Labute approximate surface area is 227 Å². The molecule has 0 radical (unpaired) electrons. The van der Waals surface area contributed by atoms with E-state index >= 15 is 0 Å². The second kappa shape index (κ2) is 13.2. The lowest BCUT2D eigenvalue weighted by Gasteiger charge is -2.26. The zero-order valence-electron chi connectivity index (χ0n) is 21.4. The molecule has 10 heteroatoms. The van der Waals surface area contributed by atoms with Gasteiger partial charge in [-0.05, 0) is 87.2 Å². The number of halogens is 2. The van der Waals surface area contributed by atoms with Gasteiger partial charge in [0, 0.05) is 24.1 Å². The summed E-state index contributed by atoms with van der Waals surface area (Å²) < 4.78 is 12.6. The van der Waals surface area contributed by atoms with E-state index in [1.807, 2.05) is 13.8 Å². The number of hydrogen-bond acceptors (Lipinski definition) is 5. The number of rotatable bonds is 10. The Morgan fingerprint density at radius 3 is 2.49 bits per heavy atom. The first-order valence-corrected chi connectivity index (χ1v) is 13.0. The third-order valence-corrected chi connectivity index (χ3v) is 6.85. The van der Waals surface area contributed by atoms with Gasteiger partial charge in [0.2, 0.25) is 5.28 Å². The highest BCUT2D eigenvalue weighted by Crippen LogP contribution is 2.28. The van der Waals surface area contributed by atoms with Gasteiger partial charge in [-0.3, -0.25) is 9.59 Å². The van der Waals surface area contributed by atoms with Gasteiger partial charge in [0.05, 0.1) is 19.1 Å². The number of carbonyl (C=O) groups is 2. The van der Waals surface area contributed by atoms with Crippen LogP contribution in [0.5, 0.6) is 5.75 Å². The number of nitrogens with one attached hydrogen (secondary N) is 1. The number of benzene rings is 1. The van der Waals surface area contributed by atoms with Crippen LogP contribution in [0.2, 0.25) is 10.3 Å². The minimum atomic E-state index is -0.749. The van der Waals surface area contributed by atoms with Crippen molar-refractivity contribution >= 4 is 35.1 Å². The third-order valence-electron chi connectivity index (χ3n) is 6.31. The molecule has 0 spiro atoms. The standard InChI is InChI=1S/C27H33Cl2N3O5/c1-27(2,17-36-3)13-12-22-23(24(33)30-16-18-4-6-19(7-5-18)25(34)35)32(26(29)31-22)14-15-37-21-10-8-20(28)9-11-21/h8-11,18-19H,4-7,14-17H2,1-3H3,(H,30,33)(H,34,35). The number of carboxylic acids is 1. The zero-order valence-corrected chi connectivity index (χ0v) is 22.9. The molecule has 3 rings (SSSR count). The van der Waals surface area contributed by atoms with Crippen LogP contribution in [0.25, 0.3) is 0 Å². The Bertz CT molecular complexity index is 1140. The largest absolute Gasteiger partial charge is 0.492 e. The summed E-state index contributed by atoms with van der Waals surface area (Å²) in [6.45, 7) is 5.27. The van der Waals surface area contributed by atoms with E-state index in [1.165, 1.54) is 0 Å². The maximum Gasteiger partial charge on any atom is 0.306 e. The van der Waals surface area contributed by atoms with Crippen molar-refractivity contribution in [3.63, 3.8) is 0 Å².